The Bertz CT molecular complexity index is 816. The largest absolute Gasteiger partial charge is 0.347 e. The highest BCUT2D eigenvalue weighted by Gasteiger charge is 2.43. The minimum Gasteiger partial charge on any atom is -0.347 e. The molecule has 1 aromatic carbocycles. The average molecular weight is 354 g/mol. The van der Waals surface area contributed by atoms with Crippen LogP contribution in [0.4, 0.5) is 10.3 Å². The van der Waals surface area contributed by atoms with Gasteiger partial charge in [-0.05, 0) is 68.0 Å². The van der Waals surface area contributed by atoms with E-state index in [9.17, 15) is 4.39 Å². The van der Waals surface area contributed by atoms with Gasteiger partial charge in [-0.2, -0.15) is 0 Å². The van der Waals surface area contributed by atoms with Crippen LogP contribution >= 0.6 is 0 Å². The fourth-order valence-corrected chi connectivity index (χ4v) is 4.56. The highest BCUT2D eigenvalue weighted by Crippen LogP contribution is 2.44. The SMILES string of the molecule is Cc1ccc(F)cc1CN1CCCC2(CCc3cnc(N(C)C)nc32)C1. The molecular weight excluding hydrogens is 327 g/mol. The molecule has 26 heavy (non-hydrogen) atoms. The van der Waals surface area contributed by atoms with Crippen molar-refractivity contribution in [1.29, 1.82) is 0 Å². The lowest BCUT2D eigenvalue weighted by molar-refractivity contribution is 0.136. The quantitative estimate of drug-likeness (QED) is 0.845. The summed E-state index contributed by atoms with van der Waals surface area (Å²) in [6.45, 7) is 4.95. The van der Waals surface area contributed by atoms with Crippen LogP contribution in [-0.2, 0) is 18.4 Å². The van der Waals surface area contributed by atoms with Crippen molar-refractivity contribution in [2.75, 3.05) is 32.1 Å². The molecule has 1 aromatic heterocycles. The molecule has 0 bridgehead atoms. The summed E-state index contributed by atoms with van der Waals surface area (Å²) in [6, 6.07) is 5.11. The molecule has 1 aliphatic heterocycles. The number of piperidine rings is 1. The third-order valence-electron chi connectivity index (χ3n) is 5.99. The fraction of sp³-hybridized carbons (Fsp3) is 0.524. The number of hydrogen-bond donors (Lipinski definition) is 0. The molecule has 0 amide bonds. The smallest absolute Gasteiger partial charge is 0.225 e. The molecule has 0 radical (unpaired) electrons. The van der Waals surface area contributed by atoms with Crippen LogP contribution in [0.5, 0.6) is 0 Å². The van der Waals surface area contributed by atoms with Crippen molar-refractivity contribution in [3.05, 3.63) is 52.6 Å². The van der Waals surface area contributed by atoms with Gasteiger partial charge in [0.1, 0.15) is 5.82 Å². The van der Waals surface area contributed by atoms with Crippen LogP contribution in [0.3, 0.4) is 0 Å². The van der Waals surface area contributed by atoms with Crippen molar-refractivity contribution in [3.63, 3.8) is 0 Å². The van der Waals surface area contributed by atoms with Gasteiger partial charge in [0.15, 0.2) is 0 Å². The van der Waals surface area contributed by atoms with Crippen molar-refractivity contribution >= 4 is 5.95 Å². The van der Waals surface area contributed by atoms with Gasteiger partial charge < -0.3 is 4.90 Å². The van der Waals surface area contributed by atoms with Crippen molar-refractivity contribution in [2.45, 2.75) is 44.6 Å². The molecule has 2 aliphatic rings. The van der Waals surface area contributed by atoms with E-state index in [4.69, 9.17) is 4.98 Å². The molecule has 1 aliphatic carbocycles. The molecule has 138 valence electrons. The molecule has 1 unspecified atom stereocenters. The maximum Gasteiger partial charge on any atom is 0.225 e. The van der Waals surface area contributed by atoms with E-state index in [1.54, 1.807) is 12.1 Å². The summed E-state index contributed by atoms with van der Waals surface area (Å²) in [5, 5.41) is 0. The predicted molar refractivity (Wildman–Crippen MR) is 102 cm³/mol. The fourth-order valence-electron chi connectivity index (χ4n) is 4.56. The van der Waals surface area contributed by atoms with Crippen LogP contribution in [-0.4, -0.2) is 42.1 Å². The number of nitrogens with zero attached hydrogens (tertiary/aromatic N) is 4. The monoisotopic (exact) mass is 354 g/mol. The van der Waals surface area contributed by atoms with Gasteiger partial charge in [0.05, 0.1) is 5.69 Å². The second-order valence-corrected chi connectivity index (χ2v) is 8.10. The van der Waals surface area contributed by atoms with Gasteiger partial charge in [0, 0.05) is 38.8 Å². The van der Waals surface area contributed by atoms with E-state index in [0.717, 1.165) is 56.0 Å². The van der Waals surface area contributed by atoms with Crippen molar-refractivity contribution in [1.82, 2.24) is 14.9 Å². The van der Waals surface area contributed by atoms with Gasteiger partial charge in [-0.1, -0.05) is 6.07 Å². The lowest BCUT2D eigenvalue weighted by Gasteiger charge is -2.41. The standard InChI is InChI=1S/C21H27FN4/c1-15-5-6-18(22)11-17(15)13-26-10-4-8-21(14-26)9-7-16-12-23-20(25(2)3)24-19(16)21/h5-6,11-12H,4,7-10,13-14H2,1-3H3. The number of benzene rings is 1. The maximum absolute atomic E-state index is 13.7. The van der Waals surface area contributed by atoms with Gasteiger partial charge in [-0.25, -0.2) is 14.4 Å². The lowest BCUT2D eigenvalue weighted by atomic mass is 9.77. The number of aromatic nitrogens is 2. The number of halogens is 1. The molecule has 1 spiro atoms. The summed E-state index contributed by atoms with van der Waals surface area (Å²) >= 11 is 0. The molecule has 0 saturated carbocycles. The first-order valence-corrected chi connectivity index (χ1v) is 9.48. The Hall–Kier alpha value is -2.01. The van der Waals surface area contributed by atoms with Gasteiger partial charge in [-0.15, -0.1) is 0 Å². The minimum atomic E-state index is -0.146. The van der Waals surface area contributed by atoms with Crippen LogP contribution in [0, 0.1) is 12.7 Å². The molecular formula is C21H27FN4. The van der Waals surface area contributed by atoms with Crippen molar-refractivity contribution in [3.8, 4) is 0 Å². The number of aryl methyl sites for hydroxylation is 2. The highest BCUT2D eigenvalue weighted by atomic mass is 19.1. The Morgan fingerprint density at radius 3 is 2.92 bits per heavy atom. The van der Waals surface area contributed by atoms with E-state index in [2.05, 4.69) is 16.8 Å². The first-order valence-electron chi connectivity index (χ1n) is 9.48. The topological polar surface area (TPSA) is 32.3 Å². The van der Waals surface area contributed by atoms with Crippen LogP contribution in [0.1, 0.15) is 41.6 Å². The minimum absolute atomic E-state index is 0.127. The Labute approximate surface area is 155 Å². The molecule has 4 rings (SSSR count). The Morgan fingerprint density at radius 1 is 1.27 bits per heavy atom. The summed E-state index contributed by atoms with van der Waals surface area (Å²) in [7, 11) is 3.98. The molecule has 2 heterocycles. The second-order valence-electron chi connectivity index (χ2n) is 8.10. The van der Waals surface area contributed by atoms with Crippen LogP contribution in [0.2, 0.25) is 0 Å². The first kappa shape index (κ1) is 17.4. The summed E-state index contributed by atoms with van der Waals surface area (Å²) in [6.07, 6.45) is 6.57. The highest BCUT2D eigenvalue weighted by molar-refractivity contribution is 5.39. The lowest BCUT2D eigenvalue weighted by Crippen LogP contribution is -2.45. The van der Waals surface area contributed by atoms with Gasteiger partial charge in [0.2, 0.25) is 5.95 Å². The van der Waals surface area contributed by atoms with E-state index in [1.165, 1.54) is 17.7 Å². The normalized spacial score (nSPS) is 22.6. The summed E-state index contributed by atoms with van der Waals surface area (Å²) in [4.78, 5) is 13.9. The van der Waals surface area contributed by atoms with Gasteiger partial charge >= 0.3 is 0 Å². The van der Waals surface area contributed by atoms with E-state index < -0.39 is 0 Å². The Kier molecular flexibility index (Phi) is 4.43. The summed E-state index contributed by atoms with van der Waals surface area (Å²) in [5.74, 6) is 0.648. The van der Waals surface area contributed by atoms with Gasteiger partial charge in [-0.3, -0.25) is 4.90 Å². The molecule has 4 nitrogen and oxygen atoms in total. The molecule has 5 heteroatoms. The third kappa shape index (κ3) is 3.09. The Balaban J connectivity index is 1.60. The predicted octanol–water partition coefficient (Wildman–Crippen LogP) is 3.47. The molecule has 1 saturated heterocycles. The number of rotatable bonds is 3. The zero-order valence-corrected chi connectivity index (χ0v) is 15.9. The molecule has 1 atom stereocenters. The molecule has 2 aromatic rings. The average Bonchev–Trinajstić information content (AvgIpc) is 2.96. The molecule has 1 fully saturated rings. The first-order chi connectivity index (χ1) is 12.5. The number of fused-ring (bicyclic) bond motifs is 2. The number of hydrogen-bond acceptors (Lipinski definition) is 4. The van der Waals surface area contributed by atoms with Crippen molar-refractivity contribution < 1.29 is 4.39 Å². The molecule has 0 N–H and O–H groups in total. The Morgan fingerprint density at radius 2 is 2.12 bits per heavy atom. The van der Waals surface area contributed by atoms with E-state index >= 15 is 0 Å². The number of anilines is 1. The number of likely N-dealkylation sites (tertiary alicyclic amines) is 1. The zero-order chi connectivity index (χ0) is 18.3. The third-order valence-corrected chi connectivity index (χ3v) is 5.99. The van der Waals surface area contributed by atoms with Crippen LogP contribution in [0.15, 0.2) is 24.4 Å². The van der Waals surface area contributed by atoms with Gasteiger partial charge in [0.25, 0.3) is 0 Å². The van der Waals surface area contributed by atoms with E-state index in [0.29, 0.717) is 0 Å². The maximum atomic E-state index is 13.7. The van der Waals surface area contributed by atoms with Crippen LogP contribution < -0.4 is 4.90 Å². The second kappa shape index (κ2) is 6.62. The van der Waals surface area contributed by atoms with E-state index in [-0.39, 0.29) is 11.2 Å². The zero-order valence-electron chi connectivity index (χ0n) is 15.9. The summed E-state index contributed by atoms with van der Waals surface area (Å²) in [5.41, 5.74) is 4.94. The summed E-state index contributed by atoms with van der Waals surface area (Å²) < 4.78 is 13.7. The van der Waals surface area contributed by atoms with E-state index in [1.807, 2.05) is 31.3 Å². The van der Waals surface area contributed by atoms with Crippen LogP contribution in [0.25, 0.3) is 0 Å². The van der Waals surface area contributed by atoms with Crippen molar-refractivity contribution in [2.24, 2.45) is 0 Å².